The van der Waals surface area contributed by atoms with Crippen LogP contribution in [0.5, 0.6) is 0 Å². The number of aromatic nitrogens is 6. The predicted molar refractivity (Wildman–Crippen MR) is 103 cm³/mol. The van der Waals surface area contributed by atoms with Gasteiger partial charge >= 0.3 is 0 Å². The molecule has 134 valence electrons. The molecule has 0 amide bonds. The van der Waals surface area contributed by atoms with E-state index >= 15 is 0 Å². The molecule has 0 atom stereocenters. The molecular formula is C19H16N6OS. The van der Waals surface area contributed by atoms with Crippen molar-refractivity contribution in [3.05, 3.63) is 70.8 Å². The molecule has 1 aliphatic carbocycles. The number of hydrogen-bond acceptors (Lipinski definition) is 6. The fourth-order valence-electron chi connectivity index (χ4n) is 3.03. The standard InChI is InChI=1S/C19H16N6OS/c26-18-15-8-4-5-9-16(15)20-23-24(18)12-27-19-22-21-17(13-10-11-13)25(19)14-6-2-1-3-7-14/h1-9,13H,10-12H2. The van der Waals surface area contributed by atoms with Crippen LogP contribution in [0.2, 0.25) is 0 Å². The van der Waals surface area contributed by atoms with Crippen LogP contribution >= 0.6 is 11.8 Å². The third-order valence-corrected chi connectivity index (χ3v) is 5.46. The number of hydrogen-bond donors (Lipinski definition) is 0. The second-order valence-electron chi connectivity index (χ2n) is 6.47. The molecule has 5 rings (SSSR count). The summed E-state index contributed by atoms with van der Waals surface area (Å²) in [4.78, 5) is 12.6. The van der Waals surface area contributed by atoms with E-state index in [-0.39, 0.29) is 5.56 Å². The quantitative estimate of drug-likeness (QED) is 0.498. The average molecular weight is 376 g/mol. The van der Waals surface area contributed by atoms with Crippen LogP contribution < -0.4 is 5.56 Å². The molecule has 4 aromatic rings. The maximum atomic E-state index is 12.6. The lowest BCUT2D eigenvalue weighted by Crippen LogP contribution is -2.23. The number of benzene rings is 2. The number of rotatable bonds is 5. The van der Waals surface area contributed by atoms with E-state index < -0.39 is 0 Å². The predicted octanol–water partition coefficient (Wildman–Crippen LogP) is 3.00. The van der Waals surface area contributed by atoms with Crippen LogP contribution in [0.4, 0.5) is 0 Å². The zero-order valence-electron chi connectivity index (χ0n) is 14.4. The smallest absolute Gasteiger partial charge is 0.274 e. The molecule has 7 nitrogen and oxygen atoms in total. The van der Waals surface area contributed by atoms with E-state index in [2.05, 4.69) is 25.1 Å². The van der Waals surface area contributed by atoms with Gasteiger partial charge in [0, 0.05) is 11.6 Å². The van der Waals surface area contributed by atoms with E-state index in [0.717, 1.165) is 29.5 Å². The number of para-hydroxylation sites is 1. The molecular weight excluding hydrogens is 360 g/mol. The summed E-state index contributed by atoms with van der Waals surface area (Å²) in [5.41, 5.74) is 1.48. The number of fused-ring (bicyclic) bond motifs is 1. The van der Waals surface area contributed by atoms with Gasteiger partial charge in [0.15, 0.2) is 5.16 Å². The molecule has 0 radical (unpaired) electrons. The van der Waals surface area contributed by atoms with Crippen molar-refractivity contribution in [1.82, 2.24) is 29.8 Å². The highest BCUT2D eigenvalue weighted by molar-refractivity contribution is 7.98. The minimum absolute atomic E-state index is 0.152. The Morgan fingerprint density at radius 1 is 0.963 bits per heavy atom. The zero-order chi connectivity index (χ0) is 18.2. The lowest BCUT2D eigenvalue weighted by Gasteiger charge is -2.10. The molecule has 0 aliphatic heterocycles. The van der Waals surface area contributed by atoms with Crippen LogP contribution in [-0.4, -0.2) is 29.8 Å². The molecule has 8 heteroatoms. The Hall–Kier alpha value is -3.00. The summed E-state index contributed by atoms with van der Waals surface area (Å²) in [6, 6.07) is 17.3. The summed E-state index contributed by atoms with van der Waals surface area (Å²) in [5, 5.41) is 18.3. The van der Waals surface area contributed by atoms with Crippen LogP contribution in [-0.2, 0) is 5.88 Å². The fraction of sp³-hybridized carbons (Fsp3) is 0.211. The van der Waals surface area contributed by atoms with E-state index in [1.807, 2.05) is 42.5 Å². The lowest BCUT2D eigenvalue weighted by atomic mass is 10.2. The van der Waals surface area contributed by atoms with Gasteiger partial charge in [-0.15, -0.1) is 15.3 Å². The van der Waals surface area contributed by atoms with Crippen LogP contribution in [0, 0.1) is 0 Å². The summed E-state index contributed by atoms with van der Waals surface area (Å²) < 4.78 is 3.45. The van der Waals surface area contributed by atoms with Crippen LogP contribution in [0.25, 0.3) is 16.6 Å². The average Bonchev–Trinajstić information content (AvgIpc) is 3.48. The summed E-state index contributed by atoms with van der Waals surface area (Å²) in [6.45, 7) is 0. The highest BCUT2D eigenvalue weighted by Gasteiger charge is 2.31. The van der Waals surface area contributed by atoms with Gasteiger partial charge in [0.1, 0.15) is 11.3 Å². The molecule has 0 N–H and O–H groups in total. The lowest BCUT2D eigenvalue weighted by molar-refractivity contribution is 0.643. The molecule has 27 heavy (non-hydrogen) atoms. The number of thioether (sulfide) groups is 1. The van der Waals surface area contributed by atoms with Crippen molar-refractivity contribution in [1.29, 1.82) is 0 Å². The second-order valence-corrected chi connectivity index (χ2v) is 7.38. The summed E-state index contributed by atoms with van der Waals surface area (Å²) in [5.74, 6) is 1.78. The van der Waals surface area contributed by atoms with Crippen molar-refractivity contribution in [3.63, 3.8) is 0 Å². The minimum atomic E-state index is -0.152. The van der Waals surface area contributed by atoms with Crippen LogP contribution in [0.3, 0.4) is 0 Å². The van der Waals surface area contributed by atoms with E-state index in [9.17, 15) is 4.79 Å². The highest BCUT2D eigenvalue weighted by atomic mass is 32.2. The molecule has 0 bridgehead atoms. The highest BCUT2D eigenvalue weighted by Crippen LogP contribution is 2.41. The monoisotopic (exact) mass is 376 g/mol. The third kappa shape index (κ3) is 3.02. The molecule has 1 saturated carbocycles. The van der Waals surface area contributed by atoms with Crippen LogP contribution in [0.1, 0.15) is 24.6 Å². The van der Waals surface area contributed by atoms with Gasteiger partial charge in [-0.1, -0.05) is 47.3 Å². The SMILES string of the molecule is O=c1c2ccccc2nnn1CSc1nnc(C2CC2)n1-c1ccccc1. The summed E-state index contributed by atoms with van der Waals surface area (Å²) in [6.07, 6.45) is 2.29. The Balaban J connectivity index is 1.48. The summed E-state index contributed by atoms with van der Waals surface area (Å²) >= 11 is 1.43. The van der Waals surface area contributed by atoms with Crippen molar-refractivity contribution < 1.29 is 0 Å². The largest absolute Gasteiger partial charge is 0.278 e. The molecule has 2 heterocycles. The van der Waals surface area contributed by atoms with Crippen molar-refractivity contribution in [2.24, 2.45) is 0 Å². The Kier molecular flexibility index (Phi) is 3.97. The van der Waals surface area contributed by atoms with E-state index in [1.165, 1.54) is 16.4 Å². The number of nitrogens with zero attached hydrogens (tertiary/aromatic N) is 6. The van der Waals surface area contributed by atoms with Crippen LogP contribution in [0.15, 0.2) is 64.5 Å². The first kappa shape index (κ1) is 16.2. The normalized spacial score (nSPS) is 13.9. The Bertz CT molecular complexity index is 1170. The van der Waals surface area contributed by atoms with E-state index in [1.54, 1.807) is 12.1 Å². The van der Waals surface area contributed by atoms with E-state index in [0.29, 0.717) is 22.7 Å². The molecule has 1 fully saturated rings. The fourth-order valence-corrected chi connectivity index (χ4v) is 3.86. The van der Waals surface area contributed by atoms with Gasteiger partial charge in [0.25, 0.3) is 5.56 Å². The van der Waals surface area contributed by atoms with Crippen molar-refractivity contribution in [2.75, 3.05) is 0 Å². The first-order valence-electron chi connectivity index (χ1n) is 8.77. The maximum absolute atomic E-state index is 12.6. The molecule has 0 saturated heterocycles. The minimum Gasteiger partial charge on any atom is -0.274 e. The summed E-state index contributed by atoms with van der Waals surface area (Å²) in [7, 11) is 0. The van der Waals surface area contributed by atoms with Crippen molar-refractivity contribution in [3.8, 4) is 5.69 Å². The first-order chi connectivity index (χ1) is 13.3. The molecule has 1 aliphatic rings. The van der Waals surface area contributed by atoms with Gasteiger partial charge in [-0.2, -0.15) is 4.68 Å². The van der Waals surface area contributed by atoms with Gasteiger partial charge in [0.2, 0.25) is 0 Å². The zero-order valence-corrected chi connectivity index (χ0v) is 15.2. The van der Waals surface area contributed by atoms with Gasteiger partial charge in [-0.3, -0.25) is 9.36 Å². The molecule has 2 aromatic carbocycles. The maximum Gasteiger partial charge on any atom is 0.278 e. The molecule has 2 aromatic heterocycles. The van der Waals surface area contributed by atoms with E-state index in [4.69, 9.17) is 0 Å². The van der Waals surface area contributed by atoms with Gasteiger partial charge < -0.3 is 0 Å². The topological polar surface area (TPSA) is 78.5 Å². The first-order valence-corrected chi connectivity index (χ1v) is 9.76. The van der Waals surface area contributed by atoms with Gasteiger partial charge in [-0.25, -0.2) is 0 Å². The molecule has 0 spiro atoms. The second kappa shape index (κ2) is 6.62. The third-order valence-electron chi connectivity index (χ3n) is 4.56. The Labute approximate surface area is 159 Å². The van der Waals surface area contributed by atoms with Gasteiger partial charge in [0.05, 0.1) is 11.3 Å². The van der Waals surface area contributed by atoms with Crippen molar-refractivity contribution in [2.45, 2.75) is 29.8 Å². The Morgan fingerprint density at radius 3 is 2.56 bits per heavy atom. The van der Waals surface area contributed by atoms with Gasteiger partial charge in [-0.05, 0) is 37.1 Å². The van der Waals surface area contributed by atoms with Crippen molar-refractivity contribution >= 4 is 22.7 Å². The molecule has 0 unspecified atom stereocenters. The Morgan fingerprint density at radius 2 is 1.74 bits per heavy atom.